The molecule has 0 amide bonds. The van der Waals surface area contributed by atoms with Crippen molar-refractivity contribution >= 4 is 39.0 Å². The van der Waals surface area contributed by atoms with Crippen molar-refractivity contribution in [1.29, 1.82) is 0 Å². The minimum Gasteiger partial charge on any atom is -0.495 e. The van der Waals surface area contributed by atoms with E-state index in [-0.39, 0.29) is 9.90 Å². The Kier molecular flexibility index (Phi) is 2.54. The van der Waals surface area contributed by atoms with Crippen molar-refractivity contribution in [2.75, 3.05) is 7.11 Å². The van der Waals surface area contributed by atoms with Crippen LogP contribution in [0.3, 0.4) is 0 Å². The average Bonchev–Trinajstić information content (AvgIpc) is 2.56. The Morgan fingerprint density at radius 1 is 1.53 bits per heavy atom. The minimum atomic E-state index is -1.01. The first-order valence-corrected chi connectivity index (χ1v) is 5.33. The summed E-state index contributed by atoms with van der Waals surface area (Å²) in [5, 5.41) is 9.92. The zero-order chi connectivity index (χ0) is 11.0. The molecule has 78 valence electrons. The van der Waals surface area contributed by atoms with Crippen LogP contribution in [-0.2, 0) is 0 Å². The van der Waals surface area contributed by atoms with Crippen LogP contribution < -0.4 is 4.74 Å². The van der Waals surface area contributed by atoms with Gasteiger partial charge in [-0.2, -0.15) is 0 Å². The van der Waals surface area contributed by atoms with Gasteiger partial charge < -0.3 is 9.84 Å². The fourth-order valence-electron chi connectivity index (χ4n) is 1.36. The molecule has 0 saturated carbocycles. The van der Waals surface area contributed by atoms with Crippen LogP contribution in [0.1, 0.15) is 9.67 Å². The van der Waals surface area contributed by atoms with E-state index < -0.39 is 5.97 Å². The summed E-state index contributed by atoms with van der Waals surface area (Å²) in [7, 11) is 1.54. The SMILES string of the molecule is COc1cccc2c(Cl)c(C(=O)O)sc12. The molecule has 0 radical (unpaired) electrons. The zero-order valence-electron chi connectivity index (χ0n) is 7.78. The molecule has 2 aromatic rings. The zero-order valence-corrected chi connectivity index (χ0v) is 9.35. The maximum atomic E-state index is 10.9. The van der Waals surface area contributed by atoms with E-state index in [1.165, 1.54) is 0 Å². The van der Waals surface area contributed by atoms with Crippen LogP contribution in [0.25, 0.3) is 10.1 Å². The Labute approximate surface area is 94.9 Å². The number of carbonyl (C=O) groups is 1. The largest absolute Gasteiger partial charge is 0.495 e. The summed E-state index contributed by atoms with van der Waals surface area (Å²) in [5.41, 5.74) is 0. The lowest BCUT2D eigenvalue weighted by atomic mass is 10.2. The Balaban J connectivity index is 2.81. The number of carboxylic acid groups (broad SMARTS) is 1. The maximum absolute atomic E-state index is 10.9. The summed E-state index contributed by atoms with van der Waals surface area (Å²) in [6.07, 6.45) is 0. The first-order chi connectivity index (χ1) is 7.15. The van der Waals surface area contributed by atoms with Gasteiger partial charge in [0.05, 0.1) is 16.8 Å². The van der Waals surface area contributed by atoms with Gasteiger partial charge in [-0.1, -0.05) is 23.7 Å². The molecule has 0 saturated heterocycles. The fraction of sp³-hybridized carbons (Fsp3) is 0.100. The molecule has 3 nitrogen and oxygen atoms in total. The Hall–Kier alpha value is -1.26. The van der Waals surface area contributed by atoms with Crippen LogP contribution in [-0.4, -0.2) is 18.2 Å². The molecule has 0 spiro atoms. The average molecular weight is 243 g/mol. The monoisotopic (exact) mass is 242 g/mol. The molecule has 15 heavy (non-hydrogen) atoms. The second kappa shape index (κ2) is 3.72. The summed E-state index contributed by atoms with van der Waals surface area (Å²) < 4.78 is 5.90. The smallest absolute Gasteiger partial charge is 0.347 e. The molecule has 2 rings (SSSR count). The van der Waals surface area contributed by atoms with Gasteiger partial charge in [-0.25, -0.2) is 4.79 Å². The molecule has 1 N–H and O–H groups in total. The van der Waals surface area contributed by atoms with Crippen molar-refractivity contribution in [3.63, 3.8) is 0 Å². The molecular weight excluding hydrogens is 236 g/mol. The number of fused-ring (bicyclic) bond motifs is 1. The highest BCUT2D eigenvalue weighted by atomic mass is 35.5. The number of ether oxygens (including phenoxy) is 1. The predicted octanol–water partition coefficient (Wildman–Crippen LogP) is 3.26. The van der Waals surface area contributed by atoms with Crippen LogP contribution in [0.15, 0.2) is 18.2 Å². The number of rotatable bonds is 2. The topological polar surface area (TPSA) is 46.5 Å². The van der Waals surface area contributed by atoms with E-state index in [0.29, 0.717) is 5.75 Å². The highest BCUT2D eigenvalue weighted by molar-refractivity contribution is 7.22. The van der Waals surface area contributed by atoms with Gasteiger partial charge in [0.25, 0.3) is 0 Å². The second-order valence-electron chi connectivity index (χ2n) is 2.89. The molecule has 1 aromatic carbocycles. The van der Waals surface area contributed by atoms with Gasteiger partial charge >= 0.3 is 5.97 Å². The summed E-state index contributed by atoms with van der Waals surface area (Å²) in [6, 6.07) is 5.34. The van der Waals surface area contributed by atoms with E-state index in [2.05, 4.69) is 0 Å². The molecule has 5 heteroatoms. The van der Waals surface area contributed by atoms with Crippen molar-refractivity contribution in [3.8, 4) is 5.75 Å². The van der Waals surface area contributed by atoms with Gasteiger partial charge in [-0.05, 0) is 6.07 Å². The van der Waals surface area contributed by atoms with E-state index >= 15 is 0 Å². The molecule has 0 aliphatic heterocycles. The second-order valence-corrected chi connectivity index (χ2v) is 4.29. The van der Waals surface area contributed by atoms with Gasteiger partial charge in [0, 0.05) is 5.39 Å². The van der Waals surface area contributed by atoms with Gasteiger partial charge in [-0.3, -0.25) is 0 Å². The molecule has 0 fully saturated rings. The highest BCUT2D eigenvalue weighted by Gasteiger charge is 2.17. The quantitative estimate of drug-likeness (QED) is 0.879. The lowest BCUT2D eigenvalue weighted by Crippen LogP contribution is -1.91. The lowest BCUT2D eigenvalue weighted by molar-refractivity contribution is 0.0702. The highest BCUT2D eigenvalue weighted by Crippen LogP contribution is 2.40. The Morgan fingerprint density at radius 2 is 2.27 bits per heavy atom. The fourth-order valence-corrected chi connectivity index (χ4v) is 2.79. The third kappa shape index (κ3) is 1.56. The number of thiophene rings is 1. The molecular formula is C10H7ClO3S. The molecule has 1 heterocycles. The maximum Gasteiger partial charge on any atom is 0.347 e. The van der Waals surface area contributed by atoms with Crippen LogP contribution in [0.2, 0.25) is 5.02 Å². The summed E-state index contributed by atoms with van der Waals surface area (Å²) >= 11 is 7.08. The van der Waals surface area contributed by atoms with Crippen molar-refractivity contribution in [2.45, 2.75) is 0 Å². The third-order valence-electron chi connectivity index (χ3n) is 2.03. The normalized spacial score (nSPS) is 10.5. The van der Waals surface area contributed by atoms with Crippen molar-refractivity contribution in [3.05, 3.63) is 28.1 Å². The van der Waals surface area contributed by atoms with E-state index in [0.717, 1.165) is 21.4 Å². The van der Waals surface area contributed by atoms with Crippen LogP contribution in [0, 0.1) is 0 Å². The molecule has 0 bridgehead atoms. The summed E-state index contributed by atoms with van der Waals surface area (Å²) in [6.45, 7) is 0. The third-order valence-corrected chi connectivity index (χ3v) is 3.75. The summed E-state index contributed by atoms with van der Waals surface area (Å²) in [5.74, 6) is -0.366. The number of halogens is 1. The number of hydrogen-bond acceptors (Lipinski definition) is 3. The van der Waals surface area contributed by atoms with Gasteiger partial charge in [-0.15, -0.1) is 11.3 Å². The van der Waals surface area contributed by atoms with Crippen molar-refractivity contribution in [1.82, 2.24) is 0 Å². The number of methoxy groups -OCH3 is 1. The lowest BCUT2D eigenvalue weighted by Gasteiger charge is -1.99. The first kappa shape index (κ1) is 10.3. The Bertz CT molecular complexity index is 533. The van der Waals surface area contributed by atoms with Crippen LogP contribution in [0.4, 0.5) is 0 Å². The Morgan fingerprint density at radius 3 is 2.87 bits per heavy atom. The van der Waals surface area contributed by atoms with Crippen LogP contribution >= 0.6 is 22.9 Å². The number of aromatic carboxylic acids is 1. The minimum absolute atomic E-state index is 0.149. The van der Waals surface area contributed by atoms with E-state index in [9.17, 15) is 4.79 Å². The van der Waals surface area contributed by atoms with E-state index in [4.69, 9.17) is 21.4 Å². The van der Waals surface area contributed by atoms with E-state index in [1.807, 2.05) is 0 Å². The molecule has 0 aliphatic carbocycles. The summed E-state index contributed by atoms with van der Waals surface area (Å²) in [4.78, 5) is 11.0. The number of benzene rings is 1. The molecule has 0 aliphatic rings. The van der Waals surface area contributed by atoms with E-state index in [1.54, 1.807) is 25.3 Å². The van der Waals surface area contributed by atoms with Gasteiger partial charge in [0.2, 0.25) is 0 Å². The first-order valence-electron chi connectivity index (χ1n) is 4.13. The molecule has 0 unspecified atom stereocenters. The predicted molar refractivity (Wildman–Crippen MR) is 60.3 cm³/mol. The number of hydrogen-bond donors (Lipinski definition) is 1. The number of carboxylic acids is 1. The van der Waals surface area contributed by atoms with Crippen molar-refractivity contribution < 1.29 is 14.6 Å². The van der Waals surface area contributed by atoms with Crippen LogP contribution in [0.5, 0.6) is 5.75 Å². The van der Waals surface area contributed by atoms with Gasteiger partial charge in [0.1, 0.15) is 10.6 Å². The van der Waals surface area contributed by atoms with Crippen molar-refractivity contribution in [2.24, 2.45) is 0 Å². The molecule has 1 aromatic heterocycles. The molecule has 0 atom stereocenters. The standard InChI is InChI=1S/C10H7ClO3S/c1-14-6-4-2-3-5-7(11)9(10(12)13)15-8(5)6/h2-4H,1H3,(H,12,13). The van der Waals surface area contributed by atoms with Gasteiger partial charge in [0.15, 0.2) is 0 Å².